The van der Waals surface area contributed by atoms with E-state index in [-0.39, 0.29) is 11.1 Å². The minimum absolute atomic E-state index is 0.172. The number of benzene rings is 2. The van der Waals surface area contributed by atoms with Gasteiger partial charge in [-0.05, 0) is 78.7 Å². The van der Waals surface area contributed by atoms with E-state index in [4.69, 9.17) is 11.6 Å². The summed E-state index contributed by atoms with van der Waals surface area (Å²) in [6.07, 6.45) is 15.8. The Morgan fingerprint density at radius 1 is 0.697 bits per heavy atom. The molecule has 33 heavy (non-hydrogen) atoms. The second-order valence-corrected chi connectivity index (χ2v) is 10.8. The molecule has 2 fully saturated rings. The van der Waals surface area contributed by atoms with Crippen LogP contribution in [0.2, 0.25) is 5.02 Å². The average Bonchev–Trinajstić information content (AvgIpc) is 2.82. The Bertz CT molecular complexity index is 901. The first kappa shape index (κ1) is 24.6. The smallest absolute Gasteiger partial charge is 0.145 e. The monoisotopic (exact) mass is 476 g/mol. The maximum absolute atomic E-state index is 14.9. The molecule has 0 spiro atoms. The molecule has 180 valence electrons. The van der Waals surface area contributed by atoms with Crippen LogP contribution < -0.4 is 0 Å². The van der Waals surface area contributed by atoms with Crippen molar-refractivity contribution in [3.05, 3.63) is 58.4 Å². The van der Waals surface area contributed by atoms with Crippen molar-refractivity contribution in [2.45, 2.75) is 89.9 Å². The summed E-state index contributed by atoms with van der Waals surface area (Å²) in [6.45, 7) is 2.30. The van der Waals surface area contributed by atoms with E-state index >= 15 is 0 Å². The summed E-state index contributed by atoms with van der Waals surface area (Å²) in [5.41, 5.74) is 1.38. The highest BCUT2D eigenvalue weighted by atomic mass is 35.5. The van der Waals surface area contributed by atoms with Gasteiger partial charge in [0.2, 0.25) is 0 Å². The van der Waals surface area contributed by atoms with E-state index in [0.29, 0.717) is 5.92 Å². The predicted octanol–water partition coefficient (Wildman–Crippen LogP) is 10.1. The van der Waals surface area contributed by atoms with Crippen molar-refractivity contribution in [2.24, 2.45) is 17.8 Å². The predicted molar refractivity (Wildman–Crippen MR) is 131 cm³/mol. The number of rotatable bonds is 7. The van der Waals surface area contributed by atoms with Gasteiger partial charge in [0.15, 0.2) is 0 Å². The molecule has 4 heteroatoms. The lowest BCUT2D eigenvalue weighted by atomic mass is 9.74. The van der Waals surface area contributed by atoms with Crippen LogP contribution in [0.3, 0.4) is 0 Å². The topological polar surface area (TPSA) is 0 Å². The van der Waals surface area contributed by atoms with Crippen LogP contribution in [0.5, 0.6) is 0 Å². The van der Waals surface area contributed by atoms with Crippen LogP contribution in [0, 0.1) is 35.2 Å². The van der Waals surface area contributed by atoms with Crippen LogP contribution in [0.15, 0.2) is 30.3 Å². The van der Waals surface area contributed by atoms with Crippen LogP contribution in [0.25, 0.3) is 11.1 Å². The molecular formula is C29H36ClF3. The maximum atomic E-state index is 14.9. The highest BCUT2D eigenvalue weighted by Crippen LogP contribution is 2.41. The highest BCUT2D eigenvalue weighted by Gasteiger charge is 2.26. The van der Waals surface area contributed by atoms with Crippen LogP contribution in [-0.4, -0.2) is 0 Å². The van der Waals surface area contributed by atoms with Crippen molar-refractivity contribution in [1.29, 1.82) is 0 Å². The first-order chi connectivity index (χ1) is 15.9. The van der Waals surface area contributed by atoms with Gasteiger partial charge < -0.3 is 0 Å². The van der Waals surface area contributed by atoms with Gasteiger partial charge in [-0.25, -0.2) is 13.2 Å². The van der Waals surface area contributed by atoms with Crippen molar-refractivity contribution < 1.29 is 13.2 Å². The number of hydrogen-bond acceptors (Lipinski definition) is 0. The quantitative estimate of drug-likeness (QED) is 0.348. The third kappa shape index (κ3) is 6.15. The fraction of sp³-hybridized carbons (Fsp3) is 0.586. The summed E-state index contributed by atoms with van der Waals surface area (Å²) in [5, 5.41) is -0.559. The van der Waals surface area contributed by atoms with E-state index in [1.54, 1.807) is 12.1 Å². The molecule has 2 aromatic carbocycles. The van der Waals surface area contributed by atoms with Crippen LogP contribution >= 0.6 is 11.6 Å². The van der Waals surface area contributed by atoms with Gasteiger partial charge in [-0.1, -0.05) is 82.0 Å². The fourth-order valence-electron chi connectivity index (χ4n) is 6.20. The SMILES string of the molecule is CCCC1CCC(CCC2CCC(c3ccc(-c4cc(F)c(Cl)c(F)c4)c(F)c3)CC2)CC1. The molecule has 2 aliphatic rings. The van der Waals surface area contributed by atoms with Gasteiger partial charge >= 0.3 is 0 Å². The van der Waals surface area contributed by atoms with Gasteiger partial charge in [-0.3, -0.25) is 0 Å². The summed E-state index contributed by atoms with van der Waals surface area (Å²) in [7, 11) is 0. The second kappa shape index (κ2) is 11.3. The third-order valence-corrected chi connectivity index (χ3v) is 8.61. The van der Waals surface area contributed by atoms with E-state index in [2.05, 4.69) is 6.92 Å². The van der Waals surface area contributed by atoms with E-state index < -0.39 is 22.5 Å². The van der Waals surface area contributed by atoms with Crippen molar-refractivity contribution >= 4 is 11.6 Å². The van der Waals surface area contributed by atoms with Gasteiger partial charge in [0.05, 0.1) is 0 Å². The van der Waals surface area contributed by atoms with Crippen LogP contribution in [0.4, 0.5) is 13.2 Å². The normalized spacial score (nSPS) is 25.8. The summed E-state index contributed by atoms with van der Waals surface area (Å²) in [4.78, 5) is 0. The van der Waals surface area contributed by atoms with E-state index in [1.165, 1.54) is 64.2 Å². The molecule has 0 aromatic heterocycles. The minimum atomic E-state index is -0.873. The van der Waals surface area contributed by atoms with Crippen LogP contribution in [0.1, 0.15) is 95.5 Å². The molecule has 0 radical (unpaired) electrons. The van der Waals surface area contributed by atoms with E-state index in [1.807, 2.05) is 6.07 Å². The molecule has 2 aliphatic carbocycles. The van der Waals surface area contributed by atoms with Gasteiger partial charge in [0.25, 0.3) is 0 Å². The Balaban J connectivity index is 1.28. The van der Waals surface area contributed by atoms with Crippen LogP contribution in [-0.2, 0) is 0 Å². The van der Waals surface area contributed by atoms with Gasteiger partial charge in [0, 0.05) is 5.56 Å². The zero-order valence-electron chi connectivity index (χ0n) is 19.7. The Hall–Kier alpha value is -1.48. The molecule has 0 amide bonds. The molecule has 0 N–H and O–H groups in total. The average molecular weight is 477 g/mol. The molecule has 4 rings (SSSR count). The first-order valence-corrected chi connectivity index (χ1v) is 13.3. The lowest BCUT2D eigenvalue weighted by molar-refractivity contribution is 0.224. The largest absolute Gasteiger partial charge is 0.206 e. The van der Waals surface area contributed by atoms with Crippen molar-refractivity contribution in [3.63, 3.8) is 0 Å². The van der Waals surface area contributed by atoms with Gasteiger partial charge in [-0.15, -0.1) is 0 Å². The Morgan fingerprint density at radius 3 is 1.73 bits per heavy atom. The highest BCUT2D eigenvalue weighted by molar-refractivity contribution is 6.31. The molecule has 0 atom stereocenters. The molecule has 0 heterocycles. The Kier molecular flexibility index (Phi) is 8.43. The molecule has 0 unspecified atom stereocenters. The summed E-state index contributed by atoms with van der Waals surface area (Å²) in [5.74, 6) is 0.900. The summed E-state index contributed by atoms with van der Waals surface area (Å²) < 4.78 is 42.5. The maximum Gasteiger partial charge on any atom is 0.145 e. The molecule has 0 bridgehead atoms. The Morgan fingerprint density at radius 2 is 1.21 bits per heavy atom. The molecule has 2 aromatic rings. The number of hydrogen-bond donors (Lipinski definition) is 0. The Labute approximate surface area is 201 Å². The standard InChI is InChI=1S/C29H36ClF3/c1-2-3-19-4-6-20(7-5-19)8-9-21-10-12-22(13-11-21)23-14-15-25(26(31)16-23)24-17-27(32)29(30)28(33)18-24/h14-22H,2-13H2,1H3. The third-order valence-electron chi connectivity index (χ3n) is 8.25. The van der Waals surface area contributed by atoms with Crippen molar-refractivity contribution in [1.82, 2.24) is 0 Å². The van der Waals surface area contributed by atoms with Gasteiger partial charge in [0.1, 0.15) is 22.5 Å². The van der Waals surface area contributed by atoms with E-state index in [9.17, 15) is 13.2 Å². The minimum Gasteiger partial charge on any atom is -0.206 e. The van der Waals surface area contributed by atoms with E-state index in [0.717, 1.165) is 48.3 Å². The number of halogens is 4. The lowest BCUT2D eigenvalue weighted by Crippen LogP contribution is -2.17. The first-order valence-electron chi connectivity index (χ1n) is 12.9. The summed E-state index contributed by atoms with van der Waals surface area (Å²) >= 11 is 5.56. The fourth-order valence-corrected chi connectivity index (χ4v) is 6.31. The van der Waals surface area contributed by atoms with Crippen molar-refractivity contribution in [3.8, 4) is 11.1 Å². The molecule has 0 saturated heterocycles. The second-order valence-electron chi connectivity index (χ2n) is 10.5. The zero-order valence-corrected chi connectivity index (χ0v) is 20.4. The zero-order chi connectivity index (χ0) is 23.4. The lowest BCUT2D eigenvalue weighted by Gasteiger charge is -2.32. The molecule has 0 aliphatic heterocycles. The van der Waals surface area contributed by atoms with Gasteiger partial charge in [-0.2, -0.15) is 0 Å². The molecule has 2 saturated carbocycles. The molecule has 0 nitrogen and oxygen atoms in total. The van der Waals surface area contributed by atoms with Crippen molar-refractivity contribution in [2.75, 3.05) is 0 Å². The molecular weight excluding hydrogens is 441 g/mol. The summed E-state index contributed by atoms with van der Waals surface area (Å²) in [6, 6.07) is 7.30.